The van der Waals surface area contributed by atoms with Gasteiger partial charge in [0.2, 0.25) is 0 Å². The van der Waals surface area contributed by atoms with Crippen molar-refractivity contribution in [2.75, 3.05) is 0 Å². The van der Waals surface area contributed by atoms with Gasteiger partial charge >= 0.3 is 0 Å². The average molecular weight is 733 g/mol. The van der Waals surface area contributed by atoms with Crippen molar-refractivity contribution in [1.29, 1.82) is 0 Å². The first-order valence-electron chi connectivity index (χ1n) is 19.4. The number of hydrogen-bond donors (Lipinski definition) is 0. The number of fused-ring (bicyclic) bond motifs is 8. The Hall–Kier alpha value is -6.47. The summed E-state index contributed by atoms with van der Waals surface area (Å²) in [4.78, 5) is 0. The smallest absolute Gasteiger partial charge is 0.0714 e. The molecular weight excluding hydrogens is 696 g/mol. The Bertz CT molecular complexity index is 3170. The van der Waals surface area contributed by atoms with Crippen LogP contribution in [0.15, 0.2) is 188 Å². The van der Waals surface area contributed by atoms with Gasteiger partial charge in [0.1, 0.15) is 0 Å². The fourth-order valence-electron chi connectivity index (χ4n) is 9.94. The van der Waals surface area contributed by atoms with E-state index in [1.165, 1.54) is 110 Å². The topological polar surface area (TPSA) is 0 Å². The average Bonchev–Trinajstić information content (AvgIpc) is 3.53. The molecule has 0 aromatic heterocycles. The van der Waals surface area contributed by atoms with Gasteiger partial charge in [-0.15, -0.1) is 0 Å². The summed E-state index contributed by atoms with van der Waals surface area (Å²) >= 11 is 6.91. The minimum atomic E-state index is -0.530. The van der Waals surface area contributed by atoms with Gasteiger partial charge in [-0.05, 0) is 131 Å². The molecule has 1 aliphatic rings. The second-order valence-electron chi connectivity index (χ2n) is 15.5. The molecule has 0 N–H and O–H groups in total. The largest absolute Gasteiger partial charge is 0.0843 e. The van der Waals surface area contributed by atoms with Crippen molar-refractivity contribution in [2.45, 2.75) is 19.3 Å². The van der Waals surface area contributed by atoms with Crippen LogP contribution in [0.2, 0.25) is 5.02 Å². The molecule has 0 heterocycles. The van der Waals surface area contributed by atoms with Crippen molar-refractivity contribution in [1.82, 2.24) is 0 Å². The molecule has 0 saturated carbocycles. The van der Waals surface area contributed by atoms with Gasteiger partial charge in [-0.3, -0.25) is 0 Å². The monoisotopic (exact) mass is 732 g/mol. The maximum Gasteiger partial charge on any atom is 0.0714 e. The first-order chi connectivity index (χ1) is 27.5. The predicted molar refractivity (Wildman–Crippen MR) is 239 cm³/mol. The highest BCUT2D eigenvalue weighted by Crippen LogP contribution is 2.59. The summed E-state index contributed by atoms with van der Waals surface area (Å²) < 4.78 is 0. The SMILES string of the molecule is Cc1ccc2c(-c3cccc4c5c(ccc34)C(c3ccccc3)(c3ccccc3)c3cc(Cl)ccc3-5)c3cc(C)ccc3c(-c3ccc4ccccc4c3)c2c1. The number of halogens is 1. The highest BCUT2D eigenvalue weighted by atomic mass is 35.5. The van der Waals surface area contributed by atoms with Gasteiger partial charge < -0.3 is 0 Å². The Kier molecular flexibility index (Phi) is 7.37. The van der Waals surface area contributed by atoms with Gasteiger partial charge in [-0.2, -0.15) is 0 Å². The molecule has 0 radical (unpaired) electrons. The molecular formula is C55H37Cl. The molecule has 1 heteroatoms. The van der Waals surface area contributed by atoms with Gasteiger partial charge in [-0.25, -0.2) is 0 Å². The van der Waals surface area contributed by atoms with Crippen LogP contribution in [0.3, 0.4) is 0 Å². The highest BCUT2D eigenvalue weighted by molar-refractivity contribution is 6.31. The lowest BCUT2D eigenvalue weighted by Crippen LogP contribution is -2.28. The van der Waals surface area contributed by atoms with Crippen molar-refractivity contribution >= 4 is 54.7 Å². The van der Waals surface area contributed by atoms with Gasteiger partial charge in [0, 0.05) is 5.02 Å². The van der Waals surface area contributed by atoms with E-state index in [-0.39, 0.29) is 0 Å². The quantitative estimate of drug-likeness (QED) is 0.158. The summed E-state index contributed by atoms with van der Waals surface area (Å²) in [5, 5.41) is 10.8. The van der Waals surface area contributed by atoms with E-state index in [1.807, 2.05) is 0 Å². The Balaban J connectivity index is 1.25. The molecule has 0 amide bonds. The van der Waals surface area contributed by atoms with Crippen LogP contribution < -0.4 is 0 Å². The van der Waals surface area contributed by atoms with E-state index in [2.05, 4.69) is 202 Å². The van der Waals surface area contributed by atoms with Crippen molar-refractivity contribution < 1.29 is 0 Å². The van der Waals surface area contributed by atoms with Crippen LogP contribution >= 0.6 is 11.6 Å². The zero-order valence-electron chi connectivity index (χ0n) is 31.3. The number of rotatable bonds is 4. The molecule has 0 fully saturated rings. The molecule has 0 nitrogen and oxygen atoms in total. The summed E-state index contributed by atoms with van der Waals surface area (Å²) in [6, 6.07) is 69.7. The van der Waals surface area contributed by atoms with E-state index >= 15 is 0 Å². The zero-order chi connectivity index (χ0) is 37.5. The second kappa shape index (κ2) is 12.5. The van der Waals surface area contributed by atoms with E-state index < -0.39 is 5.41 Å². The second-order valence-corrected chi connectivity index (χ2v) is 15.9. The summed E-state index contributed by atoms with van der Waals surface area (Å²) in [6.45, 7) is 4.42. The molecule has 0 atom stereocenters. The van der Waals surface area contributed by atoms with Crippen molar-refractivity contribution in [2.24, 2.45) is 0 Å². The predicted octanol–water partition coefficient (Wildman–Crippen LogP) is 15.3. The third-order valence-electron chi connectivity index (χ3n) is 12.3. The summed E-state index contributed by atoms with van der Waals surface area (Å²) in [5.74, 6) is 0. The van der Waals surface area contributed by atoms with Gasteiger partial charge in [0.15, 0.2) is 0 Å². The normalized spacial score (nSPS) is 13.1. The van der Waals surface area contributed by atoms with E-state index in [0.29, 0.717) is 0 Å². The van der Waals surface area contributed by atoms with Crippen LogP contribution in [0.4, 0.5) is 0 Å². The lowest BCUT2D eigenvalue weighted by molar-refractivity contribution is 0.769. The highest BCUT2D eigenvalue weighted by Gasteiger charge is 2.46. The van der Waals surface area contributed by atoms with Crippen LogP contribution in [0.5, 0.6) is 0 Å². The first kappa shape index (κ1) is 32.9. The van der Waals surface area contributed by atoms with Gasteiger partial charge in [0.05, 0.1) is 5.41 Å². The maximum absolute atomic E-state index is 6.91. The molecule has 0 saturated heterocycles. The lowest BCUT2D eigenvalue weighted by atomic mass is 9.67. The van der Waals surface area contributed by atoms with Crippen molar-refractivity contribution in [3.63, 3.8) is 0 Å². The van der Waals surface area contributed by atoms with Crippen molar-refractivity contribution in [3.05, 3.63) is 226 Å². The molecule has 0 spiro atoms. The summed E-state index contributed by atoms with van der Waals surface area (Å²) in [7, 11) is 0. The third kappa shape index (κ3) is 4.73. The summed E-state index contributed by atoms with van der Waals surface area (Å²) in [5.41, 5.74) is 14.5. The standard InChI is InChI=1S/C55H37Cl/c1-34-21-26-46-48(30-34)52(38-23-22-36-12-9-10-13-37(36)32-38)45-25-20-35(2)31-49(45)53(46)43-18-11-19-44-42(43)28-29-50-54(44)47-27-24-41(56)33-51(47)55(50,39-14-5-3-6-15-39)40-16-7-4-8-17-40/h3-33H,1-2H3. The molecule has 264 valence electrons. The Morgan fingerprint density at radius 2 is 0.964 bits per heavy atom. The van der Waals surface area contributed by atoms with Crippen LogP contribution in [0.25, 0.3) is 76.5 Å². The minimum absolute atomic E-state index is 0.530. The Morgan fingerprint density at radius 3 is 1.68 bits per heavy atom. The number of benzene rings is 10. The van der Waals surface area contributed by atoms with Crippen LogP contribution in [0, 0.1) is 13.8 Å². The molecule has 10 aromatic rings. The van der Waals surface area contributed by atoms with E-state index in [1.54, 1.807) is 0 Å². The molecule has 0 aliphatic heterocycles. The van der Waals surface area contributed by atoms with Gasteiger partial charge in [-0.1, -0.05) is 193 Å². The number of aryl methyl sites for hydroxylation is 2. The third-order valence-corrected chi connectivity index (χ3v) is 12.5. The first-order valence-corrected chi connectivity index (χ1v) is 19.8. The van der Waals surface area contributed by atoms with E-state index in [4.69, 9.17) is 11.6 Å². The molecule has 10 aromatic carbocycles. The Labute approximate surface area is 332 Å². The fourth-order valence-corrected chi connectivity index (χ4v) is 10.1. The van der Waals surface area contributed by atoms with E-state index in [9.17, 15) is 0 Å². The van der Waals surface area contributed by atoms with Crippen LogP contribution in [-0.4, -0.2) is 0 Å². The van der Waals surface area contributed by atoms with Crippen molar-refractivity contribution in [3.8, 4) is 33.4 Å². The summed E-state index contributed by atoms with van der Waals surface area (Å²) in [6.07, 6.45) is 0. The minimum Gasteiger partial charge on any atom is -0.0843 e. The molecule has 11 rings (SSSR count). The van der Waals surface area contributed by atoms with Gasteiger partial charge in [0.25, 0.3) is 0 Å². The molecule has 1 aliphatic carbocycles. The number of hydrogen-bond acceptors (Lipinski definition) is 0. The van der Waals surface area contributed by atoms with Crippen LogP contribution in [-0.2, 0) is 5.41 Å². The fraction of sp³-hybridized carbons (Fsp3) is 0.0545. The molecule has 56 heavy (non-hydrogen) atoms. The van der Waals surface area contributed by atoms with Crippen LogP contribution in [0.1, 0.15) is 33.4 Å². The molecule has 0 unspecified atom stereocenters. The lowest BCUT2D eigenvalue weighted by Gasteiger charge is -2.34. The Morgan fingerprint density at radius 1 is 0.357 bits per heavy atom. The molecule has 0 bridgehead atoms. The zero-order valence-corrected chi connectivity index (χ0v) is 32.0. The van der Waals surface area contributed by atoms with E-state index in [0.717, 1.165) is 5.02 Å². The maximum atomic E-state index is 6.91.